The largest absolute Gasteiger partial charge is 0.462 e. The molecule has 0 aliphatic carbocycles. The van der Waals surface area contributed by atoms with Crippen LogP contribution in [0.15, 0.2) is 78.9 Å². The molecule has 0 unspecified atom stereocenters. The second kappa shape index (κ2) is 6.93. The number of hydrogen-bond donors (Lipinski definition) is 0. The molecule has 3 aromatic carbocycles. The SMILES string of the molecule is CCOC(=O)c1ccc(-c2ccc(-c3ccccc3)cc2)cc1. The van der Waals surface area contributed by atoms with Gasteiger partial charge in [0.25, 0.3) is 0 Å². The Labute approximate surface area is 136 Å². The lowest BCUT2D eigenvalue weighted by atomic mass is 10.00. The van der Waals surface area contributed by atoms with E-state index in [0.717, 1.165) is 11.1 Å². The summed E-state index contributed by atoms with van der Waals surface area (Å²) in [6.45, 7) is 2.20. The summed E-state index contributed by atoms with van der Waals surface area (Å²) in [7, 11) is 0. The smallest absolute Gasteiger partial charge is 0.338 e. The van der Waals surface area contributed by atoms with Crippen molar-refractivity contribution in [2.75, 3.05) is 6.61 Å². The van der Waals surface area contributed by atoms with Crippen molar-refractivity contribution in [3.05, 3.63) is 84.4 Å². The number of carbonyl (C=O) groups excluding carboxylic acids is 1. The number of rotatable bonds is 4. The quantitative estimate of drug-likeness (QED) is 0.619. The van der Waals surface area contributed by atoms with Gasteiger partial charge in [-0.15, -0.1) is 0 Å². The summed E-state index contributed by atoms with van der Waals surface area (Å²) in [5.41, 5.74) is 5.18. The maximum Gasteiger partial charge on any atom is 0.338 e. The summed E-state index contributed by atoms with van der Waals surface area (Å²) >= 11 is 0. The minimum Gasteiger partial charge on any atom is -0.462 e. The molecular weight excluding hydrogens is 284 g/mol. The fourth-order valence-corrected chi connectivity index (χ4v) is 2.50. The molecule has 0 amide bonds. The number of ether oxygens (including phenoxy) is 1. The molecule has 0 aliphatic rings. The van der Waals surface area contributed by atoms with Gasteiger partial charge in [-0.25, -0.2) is 4.79 Å². The summed E-state index contributed by atoms with van der Waals surface area (Å²) in [4.78, 5) is 11.7. The van der Waals surface area contributed by atoms with Crippen LogP contribution >= 0.6 is 0 Å². The first kappa shape index (κ1) is 15.0. The third kappa shape index (κ3) is 3.49. The molecule has 3 rings (SSSR count). The van der Waals surface area contributed by atoms with Crippen LogP contribution in [0.5, 0.6) is 0 Å². The first-order valence-corrected chi connectivity index (χ1v) is 7.71. The second-order valence-corrected chi connectivity index (χ2v) is 5.24. The van der Waals surface area contributed by atoms with Crippen LogP contribution in [-0.2, 0) is 4.74 Å². The van der Waals surface area contributed by atoms with E-state index in [0.29, 0.717) is 12.2 Å². The fraction of sp³-hybridized carbons (Fsp3) is 0.0952. The van der Waals surface area contributed by atoms with Crippen molar-refractivity contribution in [3.8, 4) is 22.3 Å². The summed E-state index contributed by atoms with van der Waals surface area (Å²) in [5, 5.41) is 0. The Balaban J connectivity index is 1.81. The van der Waals surface area contributed by atoms with Crippen molar-refractivity contribution in [3.63, 3.8) is 0 Å². The lowest BCUT2D eigenvalue weighted by Crippen LogP contribution is -2.03. The van der Waals surface area contributed by atoms with Crippen LogP contribution in [0.2, 0.25) is 0 Å². The van der Waals surface area contributed by atoms with E-state index in [-0.39, 0.29) is 5.97 Å². The van der Waals surface area contributed by atoms with E-state index in [4.69, 9.17) is 4.74 Å². The van der Waals surface area contributed by atoms with Crippen LogP contribution in [0.25, 0.3) is 22.3 Å². The van der Waals surface area contributed by atoms with Crippen molar-refractivity contribution in [1.29, 1.82) is 0 Å². The molecule has 0 bridgehead atoms. The topological polar surface area (TPSA) is 26.3 Å². The number of hydrogen-bond acceptors (Lipinski definition) is 2. The van der Waals surface area contributed by atoms with Crippen LogP contribution in [0, 0.1) is 0 Å². The maximum absolute atomic E-state index is 11.7. The molecule has 0 fully saturated rings. The Hall–Kier alpha value is -2.87. The van der Waals surface area contributed by atoms with Crippen LogP contribution in [0.3, 0.4) is 0 Å². The van der Waals surface area contributed by atoms with Crippen molar-refractivity contribution in [2.45, 2.75) is 6.92 Å². The van der Waals surface area contributed by atoms with E-state index in [1.54, 1.807) is 19.1 Å². The van der Waals surface area contributed by atoms with E-state index >= 15 is 0 Å². The zero-order valence-corrected chi connectivity index (χ0v) is 13.0. The molecule has 2 heteroatoms. The lowest BCUT2D eigenvalue weighted by molar-refractivity contribution is 0.0526. The van der Waals surface area contributed by atoms with Gasteiger partial charge in [0.15, 0.2) is 0 Å². The van der Waals surface area contributed by atoms with Crippen LogP contribution < -0.4 is 0 Å². The highest BCUT2D eigenvalue weighted by atomic mass is 16.5. The van der Waals surface area contributed by atoms with E-state index < -0.39 is 0 Å². The van der Waals surface area contributed by atoms with E-state index in [2.05, 4.69) is 36.4 Å². The molecule has 0 atom stereocenters. The third-order valence-electron chi connectivity index (χ3n) is 3.72. The predicted octanol–water partition coefficient (Wildman–Crippen LogP) is 5.20. The Morgan fingerprint density at radius 2 is 1.13 bits per heavy atom. The monoisotopic (exact) mass is 302 g/mol. The molecule has 0 aromatic heterocycles. The first-order valence-electron chi connectivity index (χ1n) is 7.71. The maximum atomic E-state index is 11.7. The van der Waals surface area contributed by atoms with Gasteiger partial charge in [-0.1, -0.05) is 66.7 Å². The Morgan fingerprint density at radius 3 is 1.61 bits per heavy atom. The molecule has 0 heterocycles. The minimum atomic E-state index is -0.279. The summed E-state index contributed by atoms with van der Waals surface area (Å²) in [6.07, 6.45) is 0. The zero-order chi connectivity index (χ0) is 16.1. The molecule has 2 nitrogen and oxygen atoms in total. The fourth-order valence-electron chi connectivity index (χ4n) is 2.50. The predicted molar refractivity (Wildman–Crippen MR) is 93.3 cm³/mol. The molecule has 23 heavy (non-hydrogen) atoms. The molecule has 0 radical (unpaired) electrons. The van der Waals surface area contributed by atoms with Gasteiger partial charge in [-0.3, -0.25) is 0 Å². The summed E-state index contributed by atoms with van der Waals surface area (Å²) in [5.74, 6) is -0.279. The number of esters is 1. The highest BCUT2D eigenvalue weighted by Crippen LogP contribution is 2.25. The van der Waals surface area contributed by atoms with E-state index in [9.17, 15) is 4.79 Å². The van der Waals surface area contributed by atoms with E-state index in [1.165, 1.54) is 11.1 Å². The van der Waals surface area contributed by atoms with Crippen molar-refractivity contribution < 1.29 is 9.53 Å². The molecule has 0 N–H and O–H groups in total. The summed E-state index contributed by atoms with van der Waals surface area (Å²) < 4.78 is 5.00. The second-order valence-electron chi connectivity index (χ2n) is 5.24. The van der Waals surface area contributed by atoms with Gasteiger partial charge in [0.05, 0.1) is 12.2 Å². The molecule has 114 valence electrons. The minimum absolute atomic E-state index is 0.279. The van der Waals surface area contributed by atoms with Gasteiger partial charge >= 0.3 is 5.97 Å². The molecular formula is C21H18O2. The van der Waals surface area contributed by atoms with Crippen LogP contribution in [-0.4, -0.2) is 12.6 Å². The standard InChI is InChI=1S/C21H18O2/c1-2-23-21(22)20-14-12-19(13-15-20)18-10-8-17(9-11-18)16-6-4-3-5-7-16/h3-15H,2H2,1H3. The van der Waals surface area contributed by atoms with Crippen LogP contribution in [0.4, 0.5) is 0 Å². The average Bonchev–Trinajstić information content (AvgIpc) is 2.63. The Bertz CT molecular complexity index is 772. The van der Waals surface area contributed by atoms with Crippen LogP contribution in [0.1, 0.15) is 17.3 Å². The van der Waals surface area contributed by atoms with Gasteiger partial charge in [0.1, 0.15) is 0 Å². The van der Waals surface area contributed by atoms with Gasteiger partial charge < -0.3 is 4.74 Å². The van der Waals surface area contributed by atoms with E-state index in [1.807, 2.05) is 30.3 Å². The van der Waals surface area contributed by atoms with Crippen molar-refractivity contribution in [2.24, 2.45) is 0 Å². The molecule has 0 spiro atoms. The number of benzene rings is 3. The molecule has 0 aliphatic heterocycles. The number of carbonyl (C=O) groups is 1. The van der Waals surface area contributed by atoms with Crippen molar-refractivity contribution in [1.82, 2.24) is 0 Å². The zero-order valence-electron chi connectivity index (χ0n) is 13.0. The molecule has 3 aromatic rings. The van der Waals surface area contributed by atoms with Gasteiger partial charge in [0, 0.05) is 0 Å². The van der Waals surface area contributed by atoms with Gasteiger partial charge in [0.2, 0.25) is 0 Å². The van der Waals surface area contributed by atoms with Gasteiger partial charge in [-0.2, -0.15) is 0 Å². The van der Waals surface area contributed by atoms with Gasteiger partial charge in [-0.05, 0) is 41.3 Å². The average molecular weight is 302 g/mol. The third-order valence-corrected chi connectivity index (χ3v) is 3.72. The Morgan fingerprint density at radius 1 is 0.696 bits per heavy atom. The molecule has 0 saturated heterocycles. The highest BCUT2D eigenvalue weighted by Gasteiger charge is 2.06. The van der Waals surface area contributed by atoms with Crippen molar-refractivity contribution >= 4 is 5.97 Å². The Kier molecular flexibility index (Phi) is 4.53. The normalized spacial score (nSPS) is 10.3. The summed E-state index contributed by atoms with van der Waals surface area (Å²) in [6, 6.07) is 26.2. The highest BCUT2D eigenvalue weighted by molar-refractivity contribution is 5.90. The lowest BCUT2D eigenvalue weighted by Gasteiger charge is -2.06. The first-order chi connectivity index (χ1) is 11.3. The molecule has 0 saturated carbocycles.